The Morgan fingerprint density at radius 1 is 1.11 bits per heavy atom. The number of aromatic nitrogens is 1. The predicted octanol–water partition coefficient (Wildman–Crippen LogP) is 4.32. The van der Waals surface area contributed by atoms with Crippen molar-refractivity contribution >= 4 is 34.8 Å². The summed E-state index contributed by atoms with van der Waals surface area (Å²) in [7, 11) is 0. The number of benzene rings is 1. The molecule has 1 aromatic carbocycles. The van der Waals surface area contributed by atoms with Gasteiger partial charge in [-0.3, -0.25) is 4.98 Å². The summed E-state index contributed by atoms with van der Waals surface area (Å²) in [5, 5.41) is 11.5. The lowest BCUT2D eigenvalue weighted by Gasteiger charge is -2.12. The second kappa shape index (κ2) is 5.89. The maximum atomic E-state index is 10.1. The first-order valence-corrected chi connectivity index (χ1v) is 6.43. The molecule has 5 heteroatoms. The van der Waals surface area contributed by atoms with E-state index in [1.165, 1.54) is 6.20 Å². The van der Waals surface area contributed by atoms with Gasteiger partial charge in [0.15, 0.2) is 0 Å². The first-order chi connectivity index (χ1) is 8.56. The predicted molar refractivity (Wildman–Crippen MR) is 74.4 cm³/mol. The van der Waals surface area contributed by atoms with Crippen molar-refractivity contribution in [2.45, 2.75) is 12.5 Å². The summed E-state index contributed by atoms with van der Waals surface area (Å²) < 4.78 is 0. The molecule has 0 aliphatic heterocycles. The average molecular weight is 303 g/mol. The lowest BCUT2D eigenvalue weighted by atomic mass is 10.1. The van der Waals surface area contributed by atoms with Crippen LogP contribution in [0, 0.1) is 0 Å². The molecule has 94 valence electrons. The fraction of sp³-hybridized carbons (Fsp3) is 0.154. The second-order valence-corrected chi connectivity index (χ2v) is 5.15. The molecule has 0 bridgehead atoms. The largest absolute Gasteiger partial charge is 0.386 e. The fourth-order valence-electron chi connectivity index (χ4n) is 1.65. The third-order valence-corrected chi connectivity index (χ3v) is 3.21. The van der Waals surface area contributed by atoms with Gasteiger partial charge in [-0.15, -0.1) is 0 Å². The standard InChI is InChI=1S/C13H10Cl3NO/c14-9-3-1-2-8(4-9)5-12(18)13-11(16)6-10(15)7-17-13/h1-4,6-7,12,18H,5H2. The van der Waals surface area contributed by atoms with E-state index in [1.807, 2.05) is 12.1 Å². The average Bonchev–Trinajstić information content (AvgIpc) is 2.28. The van der Waals surface area contributed by atoms with Gasteiger partial charge in [-0.1, -0.05) is 46.9 Å². The molecule has 1 unspecified atom stereocenters. The molecule has 0 saturated heterocycles. The molecule has 1 aromatic heterocycles. The number of halogens is 3. The topological polar surface area (TPSA) is 33.1 Å². The number of aliphatic hydroxyl groups is 1. The highest BCUT2D eigenvalue weighted by Gasteiger charge is 2.14. The normalized spacial score (nSPS) is 12.4. The van der Waals surface area contributed by atoms with Gasteiger partial charge in [-0.25, -0.2) is 0 Å². The Labute approximate surface area is 120 Å². The van der Waals surface area contributed by atoms with Crippen LogP contribution in [0.25, 0.3) is 0 Å². The molecule has 1 heterocycles. The van der Waals surface area contributed by atoms with Gasteiger partial charge in [0.1, 0.15) is 6.10 Å². The summed E-state index contributed by atoms with van der Waals surface area (Å²) in [5.74, 6) is 0. The van der Waals surface area contributed by atoms with Crippen molar-refractivity contribution in [3.63, 3.8) is 0 Å². The van der Waals surface area contributed by atoms with Gasteiger partial charge in [-0.05, 0) is 23.8 Å². The van der Waals surface area contributed by atoms with E-state index in [9.17, 15) is 5.11 Å². The number of hydrogen-bond donors (Lipinski definition) is 1. The van der Waals surface area contributed by atoms with Crippen molar-refractivity contribution in [3.8, 4) is 0 Å². The van der Waals surface area contributed by atoms with E-state index < -0.39 is 6.10 Å². The Morgan fingerprint density at radius 3 is 2.56 bits per heavy atom. The summed E-state index contributed by atoms with van der Waals surface area (Å²) in [5.41, 5.74) is 1.34. The number of hydrogen-bond acceptors (Lipinski definition) is 2. The Balaban J connectivity index is 2.19. The molecular formula is C13H10Cl3NO. The number of nitrogens with zero attached hydrogens (tertiary/aromatic N) is 1. The lowest BCUT2D eigenvalue weighted by Crippen LogP contribution is -2.05. The molecule has 0 fully saturated rings. The summed E-state index contributed by atoms with van der Waals surface area (Å²) in [6, 6.07) is 8.87. The zero-order valence-electron chi connectivity index (χ0n) is 9.28. The van der Waals surface area contributed by atoms with E-state index in [1.54, 1.807) is 18.2 Å². The van der Waals surface area contributed by atoms with Gasteiger partial charge in [0, 0.05) is 17.6 Å². The van der Waals surface area contributed by atoms with Crippen LogP contribution in [0.15, 0.2) is 36.5 Å². The fourth-order valence-corrected chi connectivity index (χ4v) is 2.37. The third kappa shape index (κ3) is 3.36. The molecular weight excluding hydrogens is 293 g/mol. The van der Waals surface area contributed by atoms with Crippen LogP contribution in [-0.4, -0.2) is 10.1 Å². The molecule has 0 aliphatic rings. The first-order valence-electron chi connectivity index (χ1n) is 5.29. The maximum Gasteiger partial charge on any atom is 0.101 e. The molecule has 2 nitrogen and oxygen atoms in total. The molecule has 18 heavy (non-hydrogen) atoms. The summed E-state index contributed by atoms with van der Waals surface area (Å²) in [4.78, 5) is 4.05. The van der Waals surface area contributed by atoms with Gasteiger partial charge in [0.2, 0.25) is 0 Å². The van der Waals surface area contributed by atoms with Crippen LogP contribution >= 0.6 is 34.8 Å². The third-order valence-electron chi connectivity index (χ3n) is 2.47. The molecule has 0 amide bonds. The van der Waals surface area contributed by atoms with Crippen LogP contribution in [-0.2, 0) is 6.42 Å². The molecule has 1 atom stereocenters. The highest BCUT2D eigenvalue weighted by molar-refractivity contribution is 6.34. The molecule has 0 saturated carbocycles. The SMILES string of the molecule is OC(Cc1cccc(Cl)c1)c1ncc(Cl)cc1Cl. The zero-order chi connectivity index (χ0) is 13.1. The Morgan fingerprint density at radius 2 is 1.89 bits per heavy atom. The van der Waals surface area contributed by atoms with Gasteiger partial charge in [-0.2, -0.15) is 0 Å². The van der Waals surface area contributed by atoms with Crippen LogP contribution in [0.1, 0.15) is 17.4 Å². The van der Waals surface area contributed by atoms with Crippen LogP contribution < -0.4 is 0 Å². The lowest BCUT2D eigenvalue weighted by molar-refractivity contribution is 0.174. The number of rotatable bonds is 3. The number of aliphatic hydroxyl groups excluding tert-OH is 1. The van der Waals surface area contributed by atoms with Crippen molar-refractivity contribution < 1.29 is 5.11 Å². The number of pyridine rings is 1. The molecule has 2 aromatic rings. The highest BCUT2D eigenvalue weighted by Crippen LogP contribution is 2.26. The minimum absolute atomic E-state index is 0.358. The highest BCUT2D eigenvalue weighted by atomic mass is 35.5. The molecule has 0 radical (unpaired) electrons. The minimum atomic E-state index is -0.784. The van der Waals surface area contributed by atoms with Crippen molar-refractivity contribution in [3.05, 3.63) is 62.9 Å². The minimum Gasteiger partial charge on any atom is -0.386 e. The molecule has 2 rings (SSSR count). The van der Waals surface area contributed by atoms with Gasteiger partial charge >= 0.3 is 0 Å². The van der Waals surface area contributed by atoms with E-state index in [4.69, 9.17) is 34.8 Å². The monoisotopic (exact) mass is 301 g/mol. The van der Waals surface area contributed by atoms with E-state index in [-0.39, 0.29) is 0 Å². The van der Waals surface area contributed by atoms with Crippen LogP contribution in [0.5, 0.6) is 0 Å². The first kappa shape index (κ1) is 13.6. The van der Waals surface area contributed by atoms with Gasteiger partial charge < -0.3 is 5.11 Å². The zero-order valence-corrected chi connectivity index (χ0v) is 11.5. The van der Waals surface area contributed by atoms with Crippen LogP contribution in [0.4, 0.5) is 0 Å². The Bertz CT molecular complexity index is 560. The van der Waals surface area contributed by atoms with Crippen LogP contribution in [0.2, 0.25) is 15.1 Å². The van der Waals surface area contributed by atoms with Gasteiger partial charge in [0.25, 0.3) is 0 Å². The van der Waals surface area contributed by atoms with E-state index in [2.05, 4.69) is 4.98 Å². The van der Waals surface area contributed by atoms with E-state index >= 15 is 0 Å². The van der Waals surface area contributed by atoms with Crippen molar-refractivity contribution in [1.29, 1.82) is 0 Å². The summed E-state index contributed by atoms with van der Waals surface area (Å²) in [6.45, 7) is 0. The quantitative estimate of drug-likeness (QED) is 0.916. The summed E-state index contributed by atoms with van der Waals surface area (Å²) in [6.07, 6.45) is 1.08. The molecule has 1 N–H and O–H groups in total. The Hall–Kier alpha value is -0.800. The van der Waals surface area contributed by atoms with Crippen molar-refractivity contribution in [1.82, 2.24) is 4.98 Å². The van der Waals surface area contributed by atoms with E-state index in [0.29, 0.717) is 27.2 Å². The Kier molecular flexibility index (Phi) is 4.46. The van der Waals surface area contributed by atoms with E-state index in [0.717, 1.165) is 5.56 Å². The second-order valence-electron chi connectivity index (χ2n) is 3.87. The van der Waals surface area contributed by atoms with Crippen molar-refractivity contribution in [2.75, 3.05) is 0 Å². The summed E-state index contributed by atoms with van der Waals surface area (Å²) >= 11 is 17.6. The molecule has 0 spiro atoms. The van der Waals surface area contributed by atoms with Crippen LogP contribution in [0.3, 0.4) is 0 Å². The molecule has 0 aliphatic carbocycles. The van der Waals surface area contributed by atoms with Crippen molar-refractivity contribution in [2.24, 2.45) is 0 Å². The smallest absolute Gasteiger partial charge is 0.101 e. The van der Waals surface area contributed by atoms with Gasteiger partial charge in [0.05, 0.1) is 15.7 Å². The maximum absolute atomic E-state index is 10.1.